The molecule has 0 radical (unpaired) electrons. The third-order valence-electron chi connectivity index (χ3n) is 3.67. The number of nitrogens with one attached hydrogen (secondary N) is 1. The lowest BCUT2D eigenvalue weighted by Crippen LogP contribution is -2.22. The van der Waals surface area contributed by atoms with Gasteiger partial charge >= 0.3 is 0 Å². The average molecular weight is 281 g/mol. The molecule has 1 fully saturated rings. The number of benzene rings is 1. The molecular weight excluding hydrogens is 260 g/mol. The summed E-state index contributed by atoms with van der Waals surface area (Å²) in [6, 6.07) is 5.89. The zero-order valence-corrected chi connectivity index (χ0v) is 12.5. The van der Waals surface area contributed by atoms with Gasteiger partial charge in [-0.15, -0.1) is 0 Å². The van der Waals surface area contributed by atoms with E-state index < -0.39 is 0 Å². The van der Waals surface area contributed by atoms with Crippen LogP contribution in [0.15, 0.2) is 18.2 Å². The van der Waals surface area contributed by atoms with Crippen LogP contribution in [0.1, 0.15) is 36.5 Å². The molecule has 3 nitrogen and oxygen atoms in total. The predicted octanol–water partition coefficient (Wildman–Crippen LogP) is 3.64. The number of hydrogen-bond acceptors (Lipinski definition) is 2. The van der Waals surface area contributed by atoms with Crippen LogP contribution in [-0.2, 0) is 0 Å². The van der Waals surface area contributed by atoms with Gasteiger partial charge in [0.15, 0.2) is 0 Å². The molecule has 1 aromatic carbocycles. The van der Waals surface area contributed by atoms with Crippen molar-refractivity contribution in [1.82, 2.24) is 4.90 Å². The van der Waals surface area contributed by atoms with Gasteiger partial charge in [0.2, 0.25) is 0 Å². The summed E-state index contributed by atoms with van der Waals surface area (Å²) >= 11 is 6.21. The Morgan fingerprint density at radius 2 is 2.11 bits per heavy atom. The number of rotatable bonds is 3. The second kappa shape index (κ2) is 5.83. The predicted molar refractivity (Wildman–Crippen MR) is 79.9 cm³/mol. The number of halogens is 1. The van der Waals surface area contributed by atoms with Gasteiger partial charge in [-0.2, -0.15) is 0 Å². The maximum absolute atomic E-state index is 12.0. The van der Waals surface area contributed by atoms with Crippen LogP contribution in [-0.4, -0.2) is 30.9 Å². The summed E-state index contributed by atoms with van der Waals surface area (Å²) in [5, 5.41) is 4.15. The summed E-state index contributed by atoms with van der Waals surface area (Å²) in [6.45, 7) is 2.27. The average Bonchev–Trinajstić information content (AvgIpc) is 2.76. The van der Waals surface area contributed by atoms with Crippen LogP contribution >= 0.6 is 11.6 Å². The lowest BCUT2D eigenvalue weighted by molar-refractivity contribution is 0.0827. The molecule has 1 saturated carbocycles. The number of carbonyl (C=O) groups excluding carboxylic acids is 1. The smallest absolute Gasteiger partial charge is 0.253 e. The SMILES string of the molecule is CC1CCC(Nc2cc(C(=O)N(C)C)ccc2Cl)C1. The first kappa shape index (κ1) is 14.2. The fraction of sp³-hybridized carbons (Fsp3) is 0.533. The number of amides is 1. The molecule has 1 N–H and O–H groups in total. The molecule has 0 bridgehead atoms. The van der Waals surface area contributed by atoms with Gasteiger partial charge in [0, 0.05) is 25.7 Å². The van der Waals surface area contributed by atoms with Gasteiger partial charge in [-0.3, -0.25) is 4.79 Å². The van der Waals surface area contributed by atoms with Crippen LogP contribution in [0.4, 0.5) is 5.69 Å². The van der Waals surface area contributed by atoms with E-state index in [-0.39, 0.29) is 5.91 Å². The molecule has 2 unspecified atom stereocenters. The molecule has 0 saturated heterocycles. The van der Waals surface area contributed by atoms with Gasteiger partial charge in [0.05, 0.1) is 10.7 Å². The van der Waals surface area contributed by atoms with E-state index in [9.17, 15) is 4.79 Å². The van der Waals surface area contributed by atoms with Gasteiger partial charge in [-0.05, 0) is 43.4 Å². The third-order valence-corrected chi connectivity index (χ3v) is 4.00. The minimum absolute atomic E-state index is 0.000457. The van der Waals surface area contributed by atoms with Crippen LogP contribution < -0.4 is 5.32 Å². The van der Waals surface area contributed by atoms with Crippen LogP contribution in [0.3, 0.4) is 0 Å². The highest BCUT2D eigenvalue weighted by Gasteiger charge is 2.22. The highest BCUT2D eigenvalue weighted by atomic mass is 35.5. The monoisotopic (exact) mass is 280 g/mol. The van der Waals surface area contributed by atoms with Crippen molar-refractivity contribution in [3.63, 3.8) is 0 Å². The van der Waals surface area contributed by atoms with E-state index in [0.29, 0.717) is 16.6 Å². The highest BCUT2D eigenvalue weighted by Crippen LogP contribution is 2.30. The molecule has 2 rings (SSSR count). The van der Waals surface area contributed by atoms with Crippen molar-refractivity contribution in [2.45, 2.75) is 32.2 Å². The van der Waals surface area contributed by atoms with Crippen molar-refractivity contribution in [3.8, 4) is 0 Å². The first-order valence-electron chi connectivity index (χ1n) is 6.75. The lowest BCUT2D eigenvalue weighted by atomic mass is 10.1. The summed E-state index contributed by atoms with van der Waals surface area (Å²) in [4.78, 5) is 13.5. The maximum Gasteiger partial charge on any atom is 0.253 e. The van der Waals surface area contributed by atoms with Gasteiger partial charge in [0.25, 0.3) is 5.91 Å². The van der Waals surface area contributed by atoms with Gasteiger partial charge in [-0.1, -0.05) is 18.5 Å². The van der Waals surface area contributed by atoms with E-state index in [1.807, 2.05) is 6.07 Å². The van der Waals surface area contributed by atoms with E-state index in [1.54, 1.807) is 31.1 Å². The Kier molecular flexibility index (Phi) is 4.35. The van der Waals surface area contributed by atoms with Gasteiger partial charge < -0.3 is 10.2 Å². The molecule has 1 aromatic rings. The zero-order chi connectivity index (χ0) is 14.0. The van der Waals surface area contributed by atoms with Crippen LogP contribution in [0.25, 0.3) is 0 Å². The molecule has 0 aromatic heterocycles. The Labute approximate surface area is 119 Å². The molecule has 0 aliphatic heterocycles. The highest BCUT2D eigenvalue weighted by molar-refractivity contribution is 6.33. The minimum Gasteiger partial charge on any atom is -0.381 e. The topological polar surface area (TPSA) is 32.3 Å². The zero-order valence-electron chi connectivity index (χ0n) is 11.7. The van der Waals surface area contributed by atoms with Crippen molar-refractivity contribution in [1.29, 1.82) is 0 Å². The lowest BCUT2D eigenvalue weighted by Gasteiger charge is -2.17. The fourth-order valence-electron chi connectivity index (χ4n) is 2.59. The molecule has 0 spiro atoms. The van der Waals surface area contributed by atoms with Crippen LogP contribution in [0.2, 0.25) is 5.02 Å². The first-order chi connectivity index (χ1) is 8.97. The van der Waals surface area contributed by atoms with Gasteiger partial charge in [0.1, 0.15) is 0 Å². The Bertz CT molecular complexity index is 473. The summed E-state index contributed by atoms with van der Waals surface area (Å²) in [6.07, 6.45) is 3.59. The summed E-state index contributed by atoms with van der Waals surface area (Å²) < 4.78 is 0. The fourth-order valence-corrected chi connectivity index (χ4v) is 2.76. The van der Waals surface area contributed by atoms with Crippen LogP contribution in [0, 0.1) is 5.92 Å². The standard InChI is InChI=1S/C15H21ClN2O/c1-10-4-6-12(8-10)17-14-9-11(5-7-13(14)16)15(19)18(2)3/h5,7,9-10,12,17H,4,6,8H2,1-3H3. The Hall–Kier alpha value is -1.22. The maximum atomic E-state index is 12.0. The van der Waals surface area contributed by atoms with E-state index in [4.69, 9.17) is 11.6 Å². The Morgan fingerprint density at radius 3 is 2.68 bits per heavy atom. The normalized spacial score (nSPS) is 22.3. The van der Waals surface area contributed by atoms with Gasteiger partial charge in [-0.25, -0.2) is 0 Å². The summed E-state index contributed by atoms with van der Waals surface area (Å²) in [7, 11) is 3.51. The molecule has 19 heavy (non-hydrogen) atoms. The molecule has 1 aliphatic carbocycles. The number of anilines is 1. The minimum atomic E-state index is -0.000457. The molecule has 1 aliphatic rings. The van der Waals surface area contributed by atoms with E-state index >= 15 is 0 Å². The quantitative estimate of drug-likeness (QED) is 0.917. The van der Waals surface area contributed by atoms with E-state index in [1.165, 1.54) is 19.3 Å². The van der Waals surface area contributed by atoms with Crippen molar-refractivity contribution in [2.24, 2.45) is 5.92 Å². The summed E-state index contributed by atoms with van der Waals surface area (Å²) in [5.41, 5.74) is 1.54. The molecule has 2 atom stereocenters. The number of nitrogens with zero attached hydrogens (tertiary/aromatic N) is 1. The van der Waals surface area contributed by atoms with Crippen molar-refractivity contribution < 1.29 is 4.79 Å². The third kappa shape index (κ3) is 3.41. The van der Waals surface area contributed by atoms with Crippen molar-refractivity contribution >= 4 is 23.2 Å². The second-order valence-corrected chi connectivity index (χ2v) is 6.06. The molecule has 4 heteroatoms. The molecule has 1 amide bonds. The van der Waals surface area contributed by atoms with Crippen molar-refractivity contribution in [2.75, 3.05) is 19.4 Å². The van der Waals surface area contributed by atoms with E-state index in [0.717, 1.165) is 11.6 Å². The van der Waals surface area contributed by atoms with Crippen LogP contribution in [0.5, 0.6) is 0 Å². The second-order valence-electron chi connectivity index (χ2n) is 5.65. The number of hydrogen-bond donors (Lipinski definition) is 1. The first-order valence-corrected chi connectivity index (χ1v) is 7.13. The molecular formula is C15H21ClN2O. The van der Waals surface area contributed by atoms with E-state index in [2.05, 4.69) is 12.2 Å². The largest absolute Gasteiger partial charge is 0.381 e. The Balaban J connectivity index is 2.15. The Morgan fingerprint density at radius 1 is 1.37 bits per heavy atom. The molecule has 0 heterocycles. The van der Waals surface area contributed by atoms with Crippen molar-refractivity contribution in [3.05, 3.63) is 28.8 Å². The summed E-state index contributed by atoms with van der Waals surface area (Å²) in [5.74, 6) is 0.766. The number of carbonyl (C=O) groups is 1. The molecule has 104 valence electrons.